The van der Waals surface area contributed by atoms with Crippen molar-refractivity contribution in [3.05, 3.63) is 35.9 Å². The van der Waals surface area contributed by atoms with Crippen LogP contribution in [-0.4, -0.2) is 13.9 Å². The number of thiol groups is 1. The molecule has 1 aromatic rings. The van der Waals surface area contributed by atoms with Crippen LogP contribution in [0.2, 0.25) is 0 Å². The molecule has 13 heavy (non-hydrogen) atoms. The SMILES string of the molecule is SCc1ccccc1.[Cl][Sn]([Cl])([Cl])[Cl]. The molecule has 0 amide bonds. The van der Waals surface area contributed by atoms with Gasteiger partial charge in [-0.15, -0.1) is 0 Å². The van der Waals surface area contributed by atoms with Gasteiger partial charge in [-0.25, -0.2) is 0 Å². The van der Waals surface area contributed by atoms with Gasteiger partial charge in [0.05, 0.1) is 0 Å². The summed E-state index contributed by atoms with van der Waals surface area (Å²) in [6.45, 7) is 0. The number of halogens is 4. The molecule has 6 heteroatoms. The summed E-state index contributed by atoms with van der Waals surface area (Å²) in [5, 5.41) is 0. The van der Waals surface area contributed by atoms with Crippen LogP contribution < -0.4 is 0 Å². The Morgan fingerprint density at radius 1 is 1.00 bits per heavy atom. The van der Waals surface area contributed by atoms with E-state index in [1.165, 1.54) is 5.56 Å². The van der Waals surface area contributed by atoms with Crippen molar-refractivity contribution in [3.8, 4) is 0 Å². The van der Waals surface area contributed by atoms with Crippen LogP contribution in [0.25, 0.3) is 0 Å². The molecule has 74 valence electrons. The number of hydrogen-bond donors (Lipinski definition) is 1. The number of hydrogen-bond acceptors (Lipinski definition) is 1. The molecule has 0 aromatic heterocycles. The zero-order valence-corrected chi connectivity index (χ0v) is 13.3. The molecule has 0 nitrogen and oxygen atoms in total. The van der Waals surface area contributed by atoms with Gasteiger partial charge in [0, 0.05) is 5.75 Å². The average molecular weight is 385 g/mol. The predicted octanol–water partition coefficient (Wildman–Crippen LogP) is 4.49. The van der Waals surface area contributed by atoms with Gasteiger partial charge in [-0.3, -0.25) is 0 Å². The second-order valence-electron chi connectivity index (χ2n) is 2.07. The molecule has 0 fully saturated rings. The summed E-state index contributed by atoms with van der Waals surface area (Å²) >= 11 is 0.819. The van der Waals surface area contributed by atoms with E-state index in [1.807, 2.05) is 18.2 Å². The molecule has 0 heterocycles. The average Bonchev–Trinajstić information content (AvgIpc) is 2.03. The Morgan fingerprint density at radius 3 is 1.62 bits per heavy atom. The van der Waals surface area contributed by atoms with Crippen LogP contribution >= 0.6 is 48.3 Å². The fourth-order valence-electron chi connectivity index (χ4n) is 0.583. The Hall–Kier alpha value is 1.53. The minimum absolute atomic E-state index is 0.834. The third-order valence-electron chi connectivity index (χ3n) is 1.03. The van der Waals surface area contributed by atoms with E-state index in [0.29, 0.717) is 0 Å². The van der Waals surface area contributed by atoms with E-state index in [-0.39, 0.29) is 0 Å². The number of rotatable bonds is 1. The molecule has 0 aliphatic heterocycles. The molecule has 0 N–H and O–H groups in total. The van der Waals surface area contributed by atoms with Gasteiger partial charge >= 0.3 is 49.6 Å². The van der Waals surface area contributed by atoms with E-state index in [4.69, 9.17) is 35.7 Å². The molecule has 1 rings (SSSR count). The van der Waals surface area contributed by atoms with Crippen LogP contribution in [0.5, 0.6) is 0 Å². The summed E-state index contributed by atoms with van der Waals surface area (Å²) in [4.78, 5) is 0. The van der Waals surface area contributed by atoms with E-state index >= 15 is 0 Å². The summed E-state index contributed by atoms with van der Waals surface area (Å²) in [6, 6.07) is 10.2. The van der Waals surface area contributed by atoms with Crippen molar-refractivity contribution in [1.82, 2.24) is 0 Å². The van der Waals surface area contributed by atoms with Gasteiger partial charge in [0.25, 0.3) is 0 Å². The first-order valence-electron chi connectivity index (χ1n) is 3.34. The van der Waals surface area contributed by atoms with Crippen molar-refractivity contribution in [2.45, 2.75) is 5.75 Å². The molecule has 0 aliphatic carbocycles. The van der Waals surface area contributed by atoms with Gasteiger partial charge in [0.2, 0.25) is 0 Å². The Kier molecular flexibility index (Phi) is 8.69. The first-order chi connectivity index (χ1) is 5.93. The standard InChI is InChI=1S/C7H8S.4ClH.Sn/c8-6-7-4-2-1-3-5-7;;;;;/h1-5,8H,6H2;4*1H;/q;;;;;+4/p-4. The van der Waals surface area contributed by atoms with E-state index in [9.17, 15) is 0 Å². The summed E-state index contributed by atoms with van der Waals surface area (Å²) in [5.74, 6) is 0.834. The van der Waals surface area contributed by atoms with Gasteiger partial charge < -0.3 is 0 Å². The minimum atomic E-state index is -3.29. The fourth-order valence-corrected chi connectivity index (χ4v) is 0.794. The fraction of sp³-hybridized carbons (Fsp3) is 0.143. The van der Waals surface area contributed by atoms with Crippen molar-refractivity contribution in [2.75, 3.05) is 0 Å². The van der Waals surface area contributed by atoms with E-state index in [2.05, 4.69) is 24.8 Å². The third-order valence-corrected chi connectivity index (χ3v) is 1.39. The second kappa shape index (κ2) is 7.77. The maximum absolute atomic E-state index is 5.04. The van der Waals surface area contributed by atoms with Crippen LogP contribution in [0.4, 0.5) is 0 Å². The molecule has 0 unspecified atom stereocenters. The molecule has 1 aromatic carbocycles. The van der Waals surface area contributed by atoms with E-state index < -0.39 is 13.9 Å². The Morgan fingerprint density at radius 2 is 1.38 bits per heavy atom. The van der Waals surface area contributed by atoms with Gasteiger partial charge in [-0.1, -0.05) is 30.3 Å². The van der Waals surface area contributed by atoms with E-state index in [0.717, 1.165) is 5.75 Å². The summed E-state index contributed by atoms with van der Waals surface area (Å²) in [6.07, 6.45) is 0. The summed E-state index contributed by atoms with van der Waals surface area (Å²) < 4.78 is 0. The van der Waals surface area contributed by atoms with Crippen LogP contribution in [0.3, 0.4) is 0 Å². The monoisotopic (exact) mass is 384 g/mol. The Labute approximate surface area is 103 Å². The zero-order valence-electron chi connectivity index (χ0n) is 6.55. The molecular formula is C7H8Cl4SSn. The number of benzene rings is 1. The quantitative estimate of drug-likeness (QED) is 0.535. The predicted molar refractivity (Wildman–Crippen MR) is 68.3 cm³/mol. The van der Waals surface area contributed by atoms with Crippen molar-refractivity contribution in [1.29, 1.82) is 0 Å². The van der Waals surface area contributed by atoms with Crippen molar-refractivity contribution in [2.24, 2.45) is 0 Å². The van der Waals surface area contributed by atoms with Gasteiger partial charge in [-0.2, -0.15) is 12.6 Å². The summed E-state index contributed by atoms with van der Waals surface area (Å²) in [5.41, 5.74) is 1.27. The first-order valence-corrected chi connectivity index (χ1v) is 18.4. The molecule has 0 aliphatic rings. The zero-order chi connectivity index (χ0) is 10.3. The topological polar surface area (TPSA) is 0 Å². The maximum atomic E-state index is 5.04. The molecule has 0 bridgehead atoms. The van der Waals surface area contributed by atoms with Crippen molar-refractivity contribution < 1.29 is 0 Å². The molecular weight excluding hydrogens is 377 g/mol. The van der Waals surface area contributed by atoms with Gasteiger partial charge in [-0.05, 0) is 5.56 Å². The molecule has 0 atom stereocenters. The molecule has 0 radical (unpaired) electrons. The van der Waals surface area contributed by atoms with Gasteiger partial charge in [0.1, 0.15) is 0 Å². The molecule has 0 saturated heterocycles. The second-order valence-corrected chi connectivity index (χ2v) is 27.8. The van der Waals surface area contributed by atoms with Crippen LogP contribution in [0.1, 0.15) is 5.56 Å². The van der Waals surface area contributed by atoms with Crippen LogP contribution in [0, 0.1) is 0 Å². The summed E-state index contributed by atoms with van der Waals surface area (Å²) in [7, 11) is 20.1. The van der Waals surface area contributed by atoms with Crippen LogP contribution in [-0.2, 0) is 5.75 Å². The third kappa shape index (κ3) is 13.5. The van der Waals surface area contributed by atoms with Crippen molar-refractivity contribution in [3.63, 3.8) is 0 Å². The van der Waals surface area contributed by atoms with Crippen LogP contribution in [0.15, 0.2) is 30.3 Å². The molecule has 0 saturated carbocycles. The normalized spacial score (nSPS) is 10.2. The Balaban J connectivity index is 0.000000252. The Bertz CT molecular complexity index is 218. The molecule has 0 spiro atoms. The van der Waals surface area contributed by atoms with E-state index in [1.54, 1.807) is 0 Å². The van der Waals surface area contributed by atoms with Gasteiger partial charge in [0.15, 0.2) is 0 Å². The first kappa shape index (κ1) is 14.5. The van der Waals surface area contributed by atoms with Crippen molar-refractivity contribution >= 4 is 62.2 Å².